The van der Waals surface area contributed by atoms with Crippen LogP contribution < -0.4 is 0 Å². The number of carbonyl (C=O) groups is 2. The molecule has 0 radical (unpaired) electrons. The van der Waals surface area contributed by atoms with Crippen LogP contribution in [0.1, 0.15) is 0 Å². The highest BCUT2D eigenvalue weighted by molar-refractivity contribution is 6.13. The fourth-order valence-corrected chi connectivity index (χ4v) is 2.18. The maximum atomic E-state index is 11.6. The molecule has 0 spiro atoms. The zero-order chi connectivity index (χ0) is 10.4. The molecule has 0 heterocycles. The molecule has 72 valence electrons. The fourth-order valence-electron chi connectivity index (χ4n) is 2.18. The van der Waals surface area contributed by atoms with Gasteiger partial charge in [-0.25, -0.2) is 0 Å². The summed E-state index contributed by atoms with van der Waals surface area (Å²) in [6.07, 6.45) is 12.2. The van der Waals surface area contributed by atoms with Crippen molar-refractivity contribution in [1.29, 1.82) is 0 Å². The van der Waals surface area contributed by atoms with Gasteiger partial charge in [0.2, 0.25) is 0 Å². The van der Waals surface area contributed by atoms with Gasteiger partial charge in [0.1, 0.15) is 0 Å². The first-order valence-electron chi connectivity index (χ1n) is 4.85. The van der Waals surface area contributed by atoms with Crippen LogP contribution in [-0.2, 0) is 9.59 Å². The number of rotatable bonds is 0. The summed E-state index contributed by atoms with van der Waals surface area (Å²) in [5.74, 6) is 0.0696. The maximum Gasteiger partial charge on any atom is 0.186 e. The summed E-state index contributed by atoms with van der Waals surface area (Å²) in [5, 5.41) is 0. The van der Waals surface area contributed by atoms with Crippen molar-refractivity contribution in [2.24, 2.45) is 5.92 Å². The molecule has 0 saturated heterocycles. The van der Waals surface area contributed by atoms with Gasteiger partial charge in [0, 0.05) is 17.1 Å². The van der Waals surface area contributed by atoms with E-state index in [0.717, 1.165) is 11.1 Å². The average Bonchev–Trinajstić information content (AvgIpc) is 2.61. The van der Waals surface area contributed by atoms with Crippen LogP contribution in [0.5, 0.6) is 0 Å². The van der Waals surface area contributed by atoms with Crippen molar-refractivity contribution < 1.29 is 9.59 Å². The van der Waals surface area contributed by atoms with Crippen LogP contribution in [0.25, 0.3) is 0 Å². The molecule has 1 atom stereocenters. The third kappa shape index (κ3) is 1.05. The zero-order valence-corrected chi connectivity index (χ0v) is 7.94. The quantitative estimate of drug-likeness (QED) is 0.590. The summed E-state index contributed by atoms with van der Waals surface area (Å²) < 4.78 is 0. The van der Waals surface area contributed by atoms with Crippen LogP contribution in [0.3, 0.4) is 0 Å². The topological polar surface area (TPSA) is 34.1 Å². The number of fused-ring (bicyclic) bond motifs is 3. The number of allylic oxidation sites excluding steroid dienone is 10. The Balaban J connectivity index is 2.18. The van der Waals surface area contributed by atoms with Gasteiger partial charge < -0.3 is 0 Å². The SMILES string of the molecule is O=C1C=CC=C2C1=CC=C1C(=O)C=CC12. The van der Waals surface area contributed by atoms with E-state index in [1.54, 1.807) is 30.4 Å². The average molecular weight is 196 g/mol. The Morgan fingerprint density at radius 3 is 2.60 bits per heavy atom. The number of carbonyl (C=O) groups excluding carboxylic acids is 2. The van der Waals surface area contributed by atoms with E-state index in [0.29, 0.717) is 5.57 Å². The number of ketones is 2. The van der Waals surface area contributed by atoms with E-state index < -0.39 is 0 Å². The molecular weight excluding hydrogens is 188 g/mol. The van der Waals surface area contributed by atoms with Gasteiger partial charge >= 0.3 is 0 Å². The van der Waals surface area contributed by atoms with E-state index in [4.69, 9.17) is 0 Å². The summed E-state index contributed by atoms with van der Waals surface area (Å²) in [6.45, 7) is 0. The second-order valence-electron chi connectivity index (χ2n) is 3.75. The molecular formula is C13H8O2. The third-order valence-electron chi connectivity index (χ3n) is 2.92. The molecule has 1 unspecified atom stereocenters. The lowest BCUT2D eigenvalue weighted by Gasteiger charge is -2.21. The predicted octanol–water partition coefficient (Wildman–Crippen LogP) is 1.67. The van der Waals surface area contributed by atoms with E-state index in [-0.39, 0.29) is 17.5 Å². The van der Waals surface area contributed by atoms with Crippen LogP contribution >= 0.6 is 0 Å². The first-order chi connectivity index (χ1) is 7.27. The van der Waals surface area contributed by atoms with Crippen molar-refractivity contribution in [3.8, 4) is 0 Å². The Kier molecular flexibility index (Phi) is 1.54. The summed E-state index contributed by atoms with van der Waals surface area (Å²) in [4.78, 5) is 23.0. The van der Waals surface area contributed by atoms with Crippen molar-refractivity contribution in [2.45, 2.75) is 0 Å². The molecule has 2 heteroatoms. The molecule has 0 aliphatic heterocycles. The Morgan fingerprint density at radius 1 is 0.867 bits per heavy atom. The largest absolute Gasteiger partial charge is 0.290 e. The lowest BCUT2D eigenvalue weighted by molar-refractivity contribution is -0.112. The third-order valence-corrected chi connectivity index (χ3v) is 2.92. The minimum atomic E-state index is -0.00796. The molecule has 0 saturated carbocycles. The van der Waals surface area contributed by atoms with Crippen molar-refractivity contribution >= 4 is 11.6 Å². The van der Waals surface area contributed by atoms with Crippen LogP contribution in [0, 0.1) is 5.92 Å². The molecule has 2 nitrogen and oxygen atoms in total. The van der Waals surface area contributed by atoms with Crippen LogP contribution in [0.2, 0.25) is 0 Å². The molecule has 0 fully saturated rings. The molecule has 0 aromatic rings. The minimum absolute atomic E-state index is 0.00796. The molecule has 0 aromatic heterocycles. The lowest BCUT2D eigenvalue weighted by Crippen LogP contribution is -2.17. The molecule has 3 aliphatic rings. The van der Waals surface area contributed by atoms with Crippen molar-refractivity contribution in [3.63, 3.8) is 0 Å². The second-order valence-corrected chi connectivity index (χ2v) is 3.75. The van der Waals surface area contributed by atoms with E-state index in [9.17, 15) is 9.59 Å². The molecule has 0 amide bonds. The zero-order valence-electron chi connectivity index (χ0n) is 7.94. The van der Waals surface area contributed by atoms with Gasteiger partial charge in [-0.3, -0.25) is 9.59 Å². The normalized spacial score (nSPS) is 26.9. The first-order valence-corrected chi connectivity index (χ1v) is 4.85. The van der Waals surface area contributed by atoms with Crippen molar-refractivity contribution in [3.05, 3.63) is 59.3 Å². The highest BCUT2D eigenvalue weighted by Gasteiger charge is 2.32. The monoisotopic (exact) mass is 196 g/mol. The van der Waals surface area contributed by atoms with Gasteiger partial charge in [-0.05, 0) is 17.7 Å². The standard InChI is InChI=1S/C13H8O2/c14-12-3-1-2-8-9-6-7-13(15)11(9)5-4-10(8)12/h1-7,9H. The van der Waals surface area contributed by atoms with Gasteiger partial charge in [-0.15, -0.1) is 0 Å². The molecule has 0 bridgehead atoms. The van der Waals surface area contributed by atoms with Crippen LogP contribution in [0.4, 0.5) is 0 Å². The van der Waals surface area contributed by atoms with Crippen molar-refractivity contribution in [2.75, 3.05) is 0 Å². The molecule has 3 rings (SSSR count). The maximum absolute atomic E-state index is 11.6. The smallest absolute Gasteiger partial charge is 0.186 e. The van der Waals surface area contributed by atoms with Crippen LogP contribution in [-0.4, -0.2) is 11.6 Å². The summed E-state index contributed by atoms with van der Waals surface area (Å²) in [7, 11) is 0. The van der Waals surface area contributed by atoms with E-state index >= 15 is 0 Å². The Morgan fingerprint density at radius 2 is 1.73 bits per heavy atom. The van der Waals surface area contributed by atoms with Gasteiger partial charge in [0.15, 0.2) is 11.6 Å². The first kappa shape index (κ1) is 8.36. The van der Waals surface area contributed by atoms with Crippen molar-refractivity contribution in [1.82, 2.24) is 0 Å². The molecule has 3 aliphatic carbocycles. The molecule has 15 heavy (non-hydrogen) atoms. The molecule has 0 N–H and O–H groups in total. The summed E-state index contributed by atoms with van der Waals surface area (Å²) >= 11 is 0. The highest BCUT2D eigenvalue weighted by atomic mass is 16.1. The molecule has 0 aromatic carbocycles. The van der Waals surface area contributed by atoms with E-state index in [1.165, 1.54) is 0 Å². The summed E-state index contributed by atoms with van der Waals surface area (Å²) in [5.41, 5.74) is 2.43. The van der Waals surface area contributed by atoms with Gasteiger partial charge in [-0.2, -0.15) is 0 Å². The fraction of sp³-hybridized carbons (Fsp3) is 0.0769. The van der Waals surface area contributed by atoms with Gasteiger partial charge in [0.25, 0.3) is 0 Å². The lowest BCUT2D eigenvalue weighted by atomic mass is 9.80. The highest BCUT2D eigenvalue weighted by Crippen LogP contribution is 2.37. The number of hydrogen-bond acceptors (Lipinski definition) is 2. The minimum Gasteiger partial charge on any atom is -0.290 e. The Bertz CT molecular complexity index is 525. The Labute approximate surface area is 87.0 Å². The second kappa shape index (κ2) is 2.76. The summed E-state index contributed by atoms with van der Waals surface area (Å²) in [6, 6.07) is 0. The van der Waals surface area contributed by atoms with Crippen LogP contribution in [0.15, 0.2) is 59.3 Å². The van der Waals surface area contributed by atoms with E-state index in [2.05, 4.69) is 0 Å². The predicted molar refractivity (Wildman–Crippen MR) is 56.0 cm³/mol. The van der Waals surface area contributed by atoms with E-state index in [1.807, 2.05) is 12.2 Å². The number of hydrogen-bond donors (Lipinski definition) is 0. The Hall–Kier alpha value is -1.96. The van der Waals surface area contributed by atoms with Gasteiger partial charge in [0.05, 0.1) is 0 Å². The van der Waals surface area contributed by atoms with Gasteiger partial charge in [-0.1, -0.05) is 30.4 Å².